The average molecular weight is 359 g/mol. The van der Waals surface area contributed by atoms with Crippen LogP contribution < -0.4 is 4.74 Å². The second-order valence-electron chi connectivity index (χ2n) is 4.84. The maximum Gasteiger partial charge on any atom is 0.194 e. The lowest BCUT2D eigenvalue weighted by Crippen LogP contribution is -2.19. The Morgan fingerprint density at radius 3 is 2.43 bits per heavy atom. The minimum Gasteiger partial charge on any atom is -0.485 e. The molecule has 2 nitrogen and oxygen atoms in total. The van der Waals surface area contributed by atoms with Gasteiger partial charge in [0.15, 0.2) is 17.5 Å². The normalized spacial score (nSPS) is 20.8. The van der Waals surface area contributed by atoms with E-state index in [2.05, 4.69) is 15.9 Å². The van der Waals surface area contributed by atoms with Crippen LogP contribution in [0.4, 0.5) is 13.2 Å². The molecule has 0 aromatic heterocycles. The van der Waals surface area contributed by atoms with E-state index in [0.717, 1.165) is 16.6 Å². The van der Waals surface area contributed by atoms with Gasteiger partial charge < -0.3 is 9.84 Å². The molecule has 0 bridgehead atoms. The average Bonchev–Trinajstić information content (AvgIpc) is 2.44. The highest BCUT2D eigenvalue weighted by Gasteiger charge is 2.29. The van der Waals surface area contributed by atoms with Crippen molar-refractivity contribution in [2.24, 2.45) is 0 Å². The van der Waals surface area contributed by atoms with Gasteiger partial charge in [-0.25, -0.2) is 13.2 Å². The molecule has 6 heteroatoms. The summed E-state index contributed by atoms with van der Waals surface area (Å²) in [4.78, 5) is 0. The second kappa shape index (κ2) is 5.35. The number of fused-ring (bicyclic) bond motifs is 1. The molecule has 3 rings (SSSR count). The van der Waals surface area contributed by atoms with Crippen molar-refractivity contribution in [1.82, 2.24) is 0 Å². The molecule has 0 saturated carbocycles. The van der Waals surface area contributed by atoms with E-state index in [9.17, 15) is 18.3 Å². The Morgan fingerprint density at radius 2 is 1.76 bits per heavy atom. The molecule has 0 saturated heterocycles. The van der Waals surface area contributed by atoms with Crippen LogP contribution in [0.25, 0.3) is 0 Å². The van der Waals surface area contributed by atoms with Gasteiger partial charge in [-0.1, -0.05) is 15.9 Å². The van der Waals surface area contributed by atoms with E-state index < -0.39 is 29.7 Å². The molecule has 2 aromatic rings. The van der Waals surface area contributed by atoms with Gasteiger partial charge in [0.25, 0.3) is 0 Å². The van der Waals surface area contributed by atoms with Crippen LogP contribution in [0.5, 0.6) is 5.75 Å². The molecule has 1 heterocycles. The van der Waals surface area contributed by atoms with Gasteiger partial charge in [0.05, 0.1) is 6.10 Å². The van der Waals surface area contributed by atoms with Crippen molar-refractivity contribution in [3.05, 3.63) is 63.4 Å². The zero-order valence-electron chi connectivity index (χ0n) is 10.6. The van der Waals surface area contributed by atoms with Crippen molar-refractivity contribution in [3.63, 3.8) is 0 Å². The summed E-state index contributed by atoms with van der Waals surface area (Å²) in [5.74, 6) is -3.62. The number of hydrogen-bond donors (Lipinski definition) is 1. The highest BCUT2D eigenvalue weighted by molar-refractivity contribution is 9.10. The number of benzene rings is 2. The molecule has 1 aliphatic heterocycles. The Hall–Kier alpha value is -1.53. The van der Waals surface area contributed by atoms with E-state index in [4.69, 9.17) is 4.74 Å². The Kier molecular flexibility index (Phi) is 3.67. The summed E-state index contributed by atoms with van der Waals surface area (Å²) in [5, 5.41) is 10.1. The number of aliphatic hydroxyl groups excluding tert-OH is 1. The lowest BCUT2D eigenvalue weighted by atomic mass is 9.95. The lowest BCUT2D eigenvalue weighted by Gasteiger charge is -2.30. The van der Waals surface area contributed by atoms with Crippen LogP contribution in [0, 0.1) is 17.5 Å². The standard InChI is InChI=1S/C15H10BrF3O2/c16-8-1-2-13-9(5-8)12(20)6-14(21-13)7-3-10(17)15(19)11(18)4-7/h1-5,12,14,20H,6H2/t12-,14?/m1/s1. The van der Waals surface area contributed by atoms with Gasteiger partial charge in [0.1, 0.15) is 11.9 Å². The topological polar surface area (TPSA) is 29.5 Å². The smallest absolute Gasteiger partial charge is 0.194 e. The maximum absolute atomic E-state index is 13.3. The van der Waals surface area contributed by atoms with Crippen LogP contribution in [0.2, 0.25) is 0 Å². The molecule has 21 heavy (non-hydrogen) atoms. The van der Waals surface area contributed by atoms with Crippen LogP contribution in [-0.2, 0) is 0 Å². The summed E-state index contributed by atoms with van der Waals surface area (Å²) < 4.78 is 46.0. The predicted octanol–water partition coefficient (Wildman–Crippen LogP) is 4.42. The second-order valence-corrected chi connectivity index (χ2v) is 5.75. The molecule has 0 spiro atoms. The van der Waals surface area contributed by atoms with Gasteiger partial charge in [-0.3, -0.25) is 0 Å². The van der Waals surface area contributed by atoms with E-state index in [0.29, 0.717) is 11.3 Å². The summed E-state index contributed by atoms with van der Waals surface area (Å²) in [7, 11) is 0. The molecule has 1 N–H and O–H groups in total. The highest BCUT2D eigenvalue weighted by Crippen LogP contribution is 2.42. The van der Waals surface area contributed by atoms with Crippen molar-refractivity contribution in [2.75, 3.05) is 0 Å². The third kappa shape index (κ3) is 2.65. The summed E-state index contributed by atoms with van der Waals surface area (Å²) in [6.07, 6.45) is -1.43. The Morgan fingerprint density at radius 1 is 1.10 bits per heavy atom. The Bertz CT molecular complexity index is 682. The van der Waals surface area contributed by atoms with Crippen LogP contribution in [-0.4, -0.2) is 5.11 Å². The highest BCUT2D eigenvalue weighted by atomic mass is 79.9. The van der Waals surface area contributed by atoms with E-state index in [1.807, 2.05) is 0 Å². The van der Waals surface area contributed by atoms with Crippen molar-refractivity contribution in [3.8, 4) is 5.75 Å². The summed E-state index contributed by atoms with van der Waals surface area (Å²) in [6.45, 7) is 0. The first kappa shape index (κ1) is 14.4. The quantitative estimate of drug-likeness (QED) is 0.764. The molecule has 2 aromatic carbocycles. The molecule has 0 aliphatic carbocycles. The van der Waals surface area contributed by atoms with Crippen LogP contribution >= 0.6 is 15.9 Å². The van der Waals surface area contributed by atoms with Crippen LogP contribution in [0.3, 0.4) is 0 Å². The Balaban J connectivity index is 1.98. The fourth-order valence-electron chi connectivity index (χ4n) is 2.38. The monoisotopic (exact) mass is 358 g/mol. The zero-order chi connectivity index (χ0) is 15.1. The van der Waals surface area contributed by atoms with Crippen molar-refractivity contribution in [1.29, 1.82) is 0 Å². The van der Waals surface area contributed by atoms with Crippen molar-refractivity contribution in [2.45, 2.75) is 18.6 Å². The van der Waals surface area contributed by atoms with Crippen molar-refractivity contribution >= 4 is 15.9 Å². The maximum atomic E-state index is 13.3. The molecule has 2 atom stereocenters. The molecule has 0 radical (unpaired) electrons. The third-order valence-corrected chi connectivity index (χ3v) is 3.91. The molecule has 1 aliphatic rings. The third-order valence-electron chi connectivity index (χ3n) is 3.42. The predicted molar refractivity (Wildman–Crippen MR) is 73.4 cm³/mol. The summed E-state index contributed by atoms with van der Waals surface area (Å²) in [5.41, 5.74) is 0.752. The van der Waals surface area contributed by atoms with E-state index in [1.165, 1.54) is 0 Å². The number of ether oxygens (including phenoxy) is 1. The molecule has 0 fully saturated rings. The molecular weight excluding hydrogens is 349 g/mol. The van der Waals surface area contributed by atoms with Crippen LogP contribution in [0.15, 0.2) is 34.8 Å². The molecule has 1 unspecified atom stereocenters. The first-order valence-electron chi connectivity index (χ1n) is 6.24. The van der Waals surface area contributed by atoms with Crippen LogP contribution in [0.1, 0.15) is 29.8 Å². The minimum absolute atomic E-state index is 0.133. The number of halogens is 4. The number of hydrogen-bond acceptors (Lipinski definition) is 2. The molecule has 0 amide bonds. The van der Waals surface area contributed by atoms with Gasteiger partial charge in [-0.2, -0.15) is 0 Å². The Labute approximate surface area is 127 Å². The first-order valence-corrected chi connectivity index (χ1v) is 7.03. The van der Waals surface area contributed by atoms with Gasteiger partial charge in [0.2, 0.25) is 0 Å². The van der Waals surface area contributed by atoms with E-state index in [1.54, 1.807) is 18.2 Å². The van der Waals surface area contributed by atoms with Gasteiger partial charge in [-0.05, 0) is 35.9 Å². The van der Waals surface area contributed by atoms with Gasteiger partial charge >= 0.3 is 0 Å². The first-order chi connectivity index (χ1) is 9.95. The number of aliphatic hydroxyl groups is 1. The van der Waals surface area contributed by atoms with Gasteiger partial charge in [-0.15, -0.1) is 0 Å². The lowest BCUT2D eigenvalue weighted by molar-refractivity contribution is 0.0652. The van der Waals surface area contributed by atoms with E-state index in [-0.39, 0.29) is 12.0 Å². The van der Waals surface area contributed by atoms with E-state index >= 15 is 0 Å². The fourth-order valence-corrected chi connectivity index (χ4v) is 2.76. The minimum atomic E-state index is -1.51. The molecule has 110 valence electrons. The number of rotatable bonds is 1. The summed E-state index contributed by atoms with van der Waals surface area (Å²) in [6, 6.07) is 6.89. The van der Waals surface area contributed by atoms with Gasteiger partial charge in [0, 0.05) is 16.5 Å². The molecular formula is C15H10BrF3O2. The summed E-state index contributed by atoms with van der Waals surface area (Å²) >= 11 is 3.30. The van der Waals surface area contributed by atoms with Crippen molar-refractivity contribution < 1.29 is 23.0 Å². The zero-order valence-corrected chi connectivity index (χ0v) is 12.2. The SMILES string of the molecule is O[C@@H]1CC(c2cc(F)c(F)c(F)c2)Oc2ccc(Br)cc21. The largest absolute Gasteiger partial charge is 0.485 e. The fraction of sp³-hybridized carbons (Fsp3) is 0.200.